The summed E-state index contributed by atoms with van der Waals surface area (Å²) < 4.78 is 16.7. The van der Waals surface area contributed by atoms with Crippen LogP contribution in [0.1, 0.15) is 19.4 Å². The Kier molecular flexibility index (Phi) is 5.48. The number of morpholine rings is 1. The van der Waals surface area contributed by atoms with Gasteiger partial charge in [-0.25, -0.2) is 0 Å². The molecular weight excluding hydrogens is 242 g/mol. The average molecular weight is 265 g/mol. The highest BCUT2D eigenvalue weighted by Gasteiger charge is 2.14. The summed E-state index contributed by atoms with van der Waals surface area (Å²) in [6, 6.07) is 6.56. The fourth-order valence-corrected chi connectivity index (χ4v) is 2.26. The van der Waals surface area contributed by atoms with Gasteiger partial charge in [0.2, 0.25) is 0 Å². The normalized spacial score (nSPS) is 19.2. The summed E-state index contributed by atoms with van der Waals surface area (Å²) in [5.74, 6) is 1.65. The molecule has 19 heavy (non-hydrogen) atoms. The third-order valence-electron chi connectivity index (χ3n) is 3.09. The molecule has 4 nitrogen and oxygen atoms in total. The van der Waals surface area contributed by atoms with Crippen molar-refractivity contribution < 1.29 is 14.2 Å². The second-order valence-electron chi connectivity index (χ2n) is 4.58. The Hall–Kier alpha value is -1.26. The molecule has 2 rings (SSSR count). The van der Waals surface area contributed by atoms with Crippen molar-refractivity contribution in [3.05, 3.63) is 23.8 Å². The lowest BCUT2D eigenvalue weighted by molar-refractivity contribution is 0.0770. The Morgan fingerprint density at radius 3 is 2.68 bits per heavy atom. The van der Waals surface area contributed by atoms with Crippen LogP contribution in [0, 0.1) is 0 Å². The Morgan fingerprint density at radius 1 is 1.21 bits per heavy atom. The third kappa shape index (κ3) is 4.11. The first kappa shape index (κ1) is 14.2. The van der Waals surface area contributed by atoms with E-state index in [2.05, 4.69) is 17.4 Å². The minimum Gasteiger partial charge on any atom is -0.490 e. The van der Waals surface area contributed by atoms with E-state index in [9.17, 15) is 0 Å². The molecule has 1 aromatic carbocycles. The van der Waals surface area contributed by atoms with E-state index in [-0.39, 0.29) is 0 Å². The van der Waals surface area contributed by atoms with Gasteiger partial charge in [0.05, 0.1) is 26.4 Å². The molecular formula is C15H23NO3. The van der Waals surface area contributed by atoms with Crippen LogP contribution in [0.15, 0.2) is 18.2 Å². The number of hydrogen-bond donors (Lipinski definition) is 1. The van der Waals surface area contributed by atoms with Crippen molar-refractivity contribution in [2.45, 2.75) is 26.3 Å². The van der Waals surface area contributed by atoms with Crippen molar-refractivity contribution in [3.63, 3.8) is 0 Å². The molecule has 1 N–H and O–H groups in total. The molecule has 106 valence electrons. The first-order valence-electron chi connectivity index (χ1n) is 7.03. The van der Waals surface area contributed by atoms with Crippen LogP contribution in [0.25, 0.3) is 0 Å². The SMILES string of the molecule is CCOc1ccc(CC2COCCN2)cc1OCC. The fourth-order valence-electron chi connectivity index (χ4n) is 2.26. The van der Waals surface area contributed by atoms with E-state index < -0.39 is 0 Å². The van der Waals surface area contributed by atoms with Gasteiger partial charge in [-0.2, -0.15) is 0 Å². The first-order chi connectivity index (χ1) is 9.33. The van der Waals surface area contributed by atoms with Crippen LogP contribution in [-0.4, -0.2) is 39.0 Å². The van der Waals surface area contributed by atoms with Gasteiger partial charge in [-0.3, -0.25) is 0 Å². The highest BCUT2D eigenvalue weighted by Crippen LogP contribution is 2.29. The summed E-state index contributed by atoms with van der Waals surface area (Å²) in [7, 11) is 0. The van der Waals surface area contributed by atoms with Gasteiger partial charge in [-0.1, -0.05) is 6.07 Å². The van der Waals surface area contributed by atoms with Crippen LogP contribution in [0.2, 0.25) is 0 Å². The van der Waals surface area contributed by atoms with Gasteiger partial charge < -0.3 is 19.5 Å². The first-order valence-corrected chi connectivity index (χ1v) is 7.03. The Labute approximate surface area is 115 Å². The monoisotopic (exact) mass is 265 g/mol. The van der Waals surface area contributed by atoms with Crippen molar-refractivity contribution in [2.24, 2.45) is 0 Å². The van der Waals surface area contributed by atoms with E-state index >= 15 is 0 Å². The maximum atomic E-state index is 5.64. The molecule has 0 spiro atoms. The number of nitrogens with one attached hydrogen (secondary N) is 1. The molecule has 0 saturated carbocycles. The maximum absolute atomic E-state index is 5.64. The zero-order valence-electron chi connectivity index (χ0n) is 11.8. The Morgan fingerprint density at radius 2 is 2.00 bits per heavy atom. The van der Waals surface area contributed by atoms with Crippen LogP contribution in [0.3, 0.4) is 0 Å². The van der Waals surface area contributed by atoms with Crippen LogP contribution < -0.4 is 14.8 Å². The van der Waals surface area contributed by atoms with Crippen molar-refractivity contribution in [1.82, 2.24) is 5.32 Å². The summed E-state index contributed by atoms with van der Waals surface area (Å²) in [5.41, 5.74) is 1.25. The predicted octanol–water partition coefficient (Wildman–Crippen LogP) is 2.01. The van der Waals surface area contributed by atoms with Crippen LogP contribution in [0.4, 0.5) is 0 Å². The summed E-state index contributed by atoms with van der Waals surface area (Å²) in [6.45, 7) is 7.78. The van der Waals surface area contributed by atoms with Crippen LogP contribution in [-0.2, 0) is 11.2 Å². The zero-order chi connectivity index (χ0) is 13.5. The minimum absolute atomic E-state index is 0.390. The maximum Gasteiger partial charge on any atom is 0.161 e. The molecule has 1 saturated heterocycles. The second kappa shape index (κ2) is 7.36. The topological polar surface area (TPSA) is 39.7 Å². The van der Waals surface area contributed by atoms with E-state index in [0.29, 0.717) is 19.3 Å². The van der Waals surface area contributed by atoms with E-state index in [1.54, 1.807) is 0 Å². The molecule has 0 aliphatic carbocycles. The van der Waals surface area contributed by atoms with E-state index in [1.165, 1.54) is 5.56 Å². The number of rotatable bonds is 6. The molecule has 1 aromatic rings. The van der Waals surface area contributed by atoms with Crippen molar-refractivity contribution in [2.75, 3.05) is 33.0 Å². The molecule has 1 aliphatic heterocycles. The Balaban J connectivity index is 2.05. The van der Waals surface area contributed by atoms with Gasteiger partial charge in [0.15, 0.2) is 11.5 Å². The molecule has 1 atom stereocenters. The fraction of sp³-hybridized carbons (Fsp3) is 0.600. The van der Waals surface area contributed by atoms with Gasteiger partial charge in [-0.15, -0.1) is 0 Å². The third-order valence-corrected chi connectivity index (χ3v) is 3.09. The van der Waals surface area contributed by atoms with Crippen molar-refractivity contribution in [1.29, 1.82) is 0 Å². The molecule has 0 bridgehead atoms. The largest absolute Gasteiger partial charge is 0.490 e. The molecule has 1 aliphatic rings. The molecule has 0 amide bonds. The molecule has 1 heterocycles. The average Bonchev–Trinajstić information content (AvgIpc) is 2.43. The highest BCUT2D eigenvalue weighted by molar-refractivity contribution is 5.43. The summed E-state index contributed by atoms with van der Waals surface area (Å²) in [6.07, 6.45) is 0.951. The number of hydrogen-bond acceptors (Lipinski definition) is 4. The van der Waals surface area contributed by atoms with Gasteiger partial charge >= 0.3 is 0 Å². The summed E-state index contributed by atoms with van der Waals surface area (Å²) in [5, 5.41) is 3.46. The van der Waals surface area contributed by atoms with Crippen molar-refractivity contribution >= 4 is 0 Å². The molecule has 1 fully saturated rings. The van der Waals surface area contributed by atoms with E-state index in [0.717, 1.165) is 37.7 Å². The molecule has 4 heteroatoms. The second-order valence-corrected chi connectivity index (χ2v) is 4.58. The smallest absolute Gasteiger partial charge is 0.161 e. The van der Waals surface area contributed by atoms with E-state index in [1.807, 2.05) is 19.9 Å². The van der Waals surface area contributed by atoms with Gasteiger partial charge in [0.1, 0.15) is 0 Å². The summed E-state index contributed by atoms with van der Waals surface area (Å²) >= 11 is 0. The summed E-state index contributed by atoms with van der Waals surface area (Å²) in [4.78, 5) is 0. The van der Waals surface area contributed by atoms with Gasteiger partial charge in [0.25, 0.3) is 0 Å². The van der Waals surface area contributed by atoms with E-state index in [4.69, 9.17) is 14.2 Å². The lowest BCUT2D eigenvalue weighted by atomic mass is 10.1. The standard InChI is InChI=1S/C15H23NO3/c1-3-18-14-6-5-12(10-15(14)19-4-2)9-13-11-17-8-7-16-13/h5-6,10,13,16H,3-4,7-9,11H2,1-2H3. The number of benzene rings is 1. The molecule has 1 unspecified atom stereocenters. The minimum atomic E-state index is 0.390. The highest BCUT2D eigenvalue weighted by atomic mass is 16.5. The Bertz CT molecular complexity index is 389. The predicted molar refractivity (Wildman–Crippen MR) is 75.1 cm³/mol. The lowest BCUT2D eigenvalue weighted by Gasteiger charge is -2.24. The molecule has 0 aromatic heterocycles. The molecule has 0 radical (unpaired) electrons. The van der Waals surface area contributed by atoms with Gasteiger partial charge in [0, 0.05) is 12.6 Å². The lowest BCUT2D eigenvalue weighted by Crippen LogP contribution is -2.42. The van der Waals surface area contributed by atoms with Crippen LogP contribution >= 0.6 is 0 Å². The van der Waals surface area contributed by atoms with Gasteiger partial charge in [-0.05, 0) is 38.0 Å². The van der Waals surface area contributed by atoms with Crippen LogP contribution in [0.5, 0.6) is 11.5 Å². The zero-order valence-corrected chi connectivity index (χ0v) is 11.8. The number of ether oxygens (including phenoxy) is 3. The van der Waals surface area contributed by atoms with Crippen molar-refractivity contribution in [3.8, 4) is 11.5 Å². The quantitative estimate of drug-likeness (QED) is 0.854.